The third kappa shape index (κ3) is 1.77. The molecule has 0 aromatic carbocycles. The van der Waals surface area contributed by atoms with Gasteiger partial charge in [-0.3, -0.25) is 9.80 Å². The fourth-order valence-electron chi connectivity index (χ4n) is 2.23. The van der Waals surface area contributed by atoms with E-state index in [2.05, 4.69) is 5.01 Å². The molecule has 2 rings (SSSR count). The molecule has 2 fully saturated rings. The first-order valence-electron chi connectivity index (χ1n) is 5.60. The minimum absolute atomic E-state index is 0.300. The van der Waals surface area contributed by atoms with Crippen LogP contribution in [0, 0.1) is 0 Å². The van der Waals surface area contributed by atoms with Crippen molar-refractivity contribution in [1.82, 2.24) is 10.0 Å². The van der Waals surface area contributed by atoms with Gasteiger partial charge in [0.1, 0.15) is 0 Å². The summed E-state index contributed by atoms with van der Waals surface area (Å²) in [7, 11) is 0. The molecule has 0 atom stereocenters. The normalized spacial score (nSPS) is 25.2. The van der Waals surface area contributed by atoms with Crippen molar-refractivity contribution in [2.24, 2.45) is 5.73 Å². The summed E-state index contributed by atoms with van der Waals surface area (Å²) in [6.07, 6.45) is 5.32. The quantitative estimate of drug-likeness (QED) is 0.709. The predicted octanol–water partition coefficient (Wildman–Crippen LogP) is 0.337. The second-order valence-electron chi connectivity index (χ2n) is 4.17. The third-order valence-electron chi connectivity index (χ3n) is 3.17. The first kappa shape index (κ1) is 9.93. The summed E-state index contributed by atoms with van der Waals surface area (Å²) in [4.78, 5) is 11.8. The third-order valence-corrected chi connectivity index (χ3v) is 3.17. The maximum atomic E-state index is 11.8. The topological polar surface area (TPSA) is 49.6 Å². The number of hydrogen-bond donors (Lipinski definition) is 1. The molecule has 0 bridgehead atoms. The van der Waals surface area contributed by atoms with E-state index in [1.165, 1.54) is 19.3 Å². The van der Waals surface area contributed by atoms with Crippen LogP contribution in [0.1, 0.15) is 32.1 Å². The summed E-state index contributed by atoms with van der Waals surface area (Å²) in [6, 6.07) is 0.481. The zero-order chi connectivity index (χ0) is 9.97. The lowest BCUT2D eigenvalue weighted by Crippen LogP contribution is -2.58. The first-order valence-corrected chi connectivity index (χ1v) is 5.60. The average molecular weight is 197 g/mol. The van der Waals surface area contributed by atoms with E-state index in [1.807, 2.05) is 5.01 Å². The van der Waals surface area contributed by atoms with Gasteiger partial charge in [-0.2, -0.15) is 0 Å². The fraction of sp³-hybridized carbons (Fsp3) is 0.900. The molecule has 1 heterocycles. The van der Waals surface area contributed by atoms with Crippen LogP contribution >= 0.6 is 0 Å². The van der Waals surface area contributed by atoms with Gasteiger partial charge in [-0.15, -0.1) is 0 Å². The van der Waals surface area contributed by atoms with Crippen LogP contribution in [0.3, 0.4) is 0 Å². The molecule has 1 aliphatic carbocycles. The number of nitrogens with two attached hydrogens (primary N) is 1. The highest BCUT2D eigenvalue weighted by atomic mass is 16.2. The number of nitrogens with zero attached hydrogens (tertiary/aromatic N) is 2. The highest BCUT2D eigenvalue weighted by Gasteiger charge is 2.34. The van der Waals surface area contributed by atoms with Crippen LogP contribution in [0.15, 0.2) is 0 Å². The molecule has 0 unspecified atom stereocenters. The Bertz CT molecular complexity index is 213. The van der Waals surface area contributed by atoms with Crippen LogP contribution in [0.5, 0.6) is 0 Å². The van der Waals surface area contributed by atoms with Gasteiger partial charge in [0.15, 0.2) is 0 Å². The van der Waals surface area contributed by atoms with E-state index in [4.69, 9.17) is 5.73 Å². The average Bonchev–Trinajstić information content (AvgIpc) is 2.08. The van der Waals surface area contributed by atoms with E-state index >= 15 is 0 Å². The molecular weight excluding hydrogens is 178 g/mol. The van der Waals surface area contributed by atoms with Gasteiger partial charge in [-0.05, 0) is 25.7 Å². The van der Waals surface area contributed by atoms with Crippen LogP contribution in [-0.4, -0.2) is 41.6 Å². The molecule has 0 spiro atoms. The van der Waals surface area contributed by atoms with Gasteiger partial charge >= 0.3 is 0 Å². The molecule has 2 N–H and O–H groups in total. The van der Waals surface area contributed by atoms with Gasteiger partial charge in [-0.1, -0.05) is 0 Å². The second-order valence-corrected chi connectivity index (χ2v) is 4.17. The predicted molar refractivity (Wildman–Crippen MR) is 54.3 cm³/mol. The number of carbonyl (C=O) groups is 1. The lowest BCUT2D eigenvalue weighted by molar-refractivity contribution is -0.167. The Morgan fingerprint density at radius 3 is 2.71 bits per heavy atom. The van der Waals surface area contributed by atoms with Crippen molar-refractivity contribution in [2.45, 2.75) is 38.1 Å². The Kier molecular flexibility index (Phi) is 3.03. The molecule has 0 aromatic rings. The van der Waals surface area contributed by atoms with Crippen LogP contribution in [0.25, 0.3) is 0 Å². The fourth-order valence-corrected chi connectivity index (χ4v) is 2.23. The molecule has 0 aromatic heterocycles. The molecule has 1 amide bonds. The zero-order valence-electron chi connectivity index (χ0n) is 8.61. The van der Waals surface area contributed by atoms with Crippen molar-refractivity contribution in [1.29, 1.82) is 0 Å². The summed E-state index contributed by atoms with van der Waals surface area (Å²) in [5, 5.41) is 4.13. The van der Waals surface area contributed by atoms with E-state index in [1.54, 1.807) is 0 Å². The van der Waals surface area contributed by atoms with Crippen molar-refractivity contribution in [3.05, 3.63) is 0 Å². The Morgan fingerprint density at radius 2 is 2.14 bits per heavy atom. The lowest BCUT2D eigenvalue weighted by Gasteiger charge is -2.46. The van der Waals surface area contributed by atoms with Crippen molar-refractivity contribution in [3.63, 3.8) is 0 Å². The van der Waals surface area contributed by atoms with E-state index in [0.717, 1.165) is 25.9 Å². The summed E-state index contributed by atoms with van der Waals surface area (Å²) in [6.45, 7) is 2.46. The molecule has 4 heteroatoms. The minimum atomic E-state index is 0.300. The highest BCUT2D eigenvalue weighted by molar-refractivity contribution is 5.76. The molecule has 2 aliphatic rings. The van der Waals surface area contributed by atoms with Crippen LogP contribution in [-0.2, 0) is 4.79 Å². The van der Waals surface area contributed by atoms with Gasteiger partial charge in [0.25, 0.3) is 0 Å². The number of carbonyl (C=O) groups excluding carboxylic acids is 1. The number of hydrogen-bond acceptors (Lipinski definition) is 3. The second kappa shape index (κ2) is 4.28. The van der Waals surface area contributed by atoms with Gasteiger partial charge in [0, 0.05) is 32.1 Å². The molecule has 1 saturated heterocycles. The number of amides is 1. The van der Waals surface area contributed by atoms with Gasteiger partial charge in [0.2, 0.25) is 5.91 Å². The smallest absolute Gasteiger partial charge is 0.237 e. The number of hydrazine groups is 1. The van der Waals surface area contributed by atoms with Crippen molar-refractivity contribution < 1.29 is 4.79 Å². The molecular formula is C10H19N3O. The molecule has 1 saturated carbocycles. The Balaban J connectivity index is 2.00. The van der Waals surface area contributed by atoms with Crippen LogP contribution < -0.4 is 5.73 Å². The maximum Gasteiger partial charge on any atom is 0.237 e. The number of rotatable bonds is 3. The Hall–Kier alpha value is -0.610. The Labute approximate surface area is 85.0 Å². The summed E-state index contributed by atoms with van der Waals surface area (Å²) in [5.41, 5.74) is 5.55. The molecule has 1 aliphatic heterocycles. The standard InChI is InChI=1S/C10H19N3O/c11-6-8-12-7-2-5-10(14)13(12)9-3-1-4-9/h9H,1-8,11H2. The van der Waals surface area contributed by atoms with Gasteiger partial charge in [-0.25, -0.2) is 5.01 Å². The van der Waals surface area contributed by atoms with Gasteiger partial charge < -0.3 is 5.73 Å². The molecule has 80 valence electrons. The Morgan fingerprint density at radius 1 is 1.36 bits per heavy atom. The van der Waals surface area contributed by atoms with E-state index in [9.17, 15) is 4.79 Å². The van der Waals surface area contributed by atoms with Crippen molar-refractivity contribution >= 4 is 5.91 Å². The highest BCUT2D eigenvalue weighted by Crippen LogP contribution is 2.28. The van der Waals surface area contributed by atoms with Gasteiger partial charge in [0.05, 0.1) is 0 Å². The van der Waals surface area contributed by atoms with E-state index < -0.39 is 0 Å². The minimum Gasteiger partial charge on any atom is -0.329 e. The molecule has 4 nitrogen and oxygen atoms in total. The van der Waals surface area contributed by atoms with E-state index in [-0.39, 0.29) is 0 Å². The SMILES string of the molecule is NCCN1CCCC(=O)N1C1CCC1. The zero-order valence-corrected chi connectivity index (χ0v) is 8.61. The maximum absolute atomic E-state index is 11.8. The van der Waals surface area contributed by atoms with Crippen molar-refractivity contribution in [3.8, 4) is 0 Å². The summed E-state index contributed by atoms with van der Waals surface area (Å²) in [5.74, 6) is 0.300. The largest absolute Gasteiger partial charge is 0.329 e. The summed E-state index contributed by atoms with van der Waals surface area (Å²) < 4.78 is 0. The van der Waals surface area contributed by atoms with Crippen molar-refractivity contribution in [2.75, 3.05) is 19.6 Å². The molecule has 0 radical (unpaired) electrons. The lowest BCUT2D eigenvalue weighted by atomic mass is 9.91. The van der Waals surface area contributed by atoms with Crippen LogP contribution in [0.4, 0.5) is 0 Å². The monoisotopic (exact) mass is 197 g/mol. The first-order chi connectivity index (χ1) is 6.83. The molecule has 14 heavy (non-hydrogen) atoms. The van der Waals surface area contributed by atoms with E-state index in [0.29, 0.717) is 18.5 Å². The summed E-state index contributed by atoms with van der Waals surface area (Å²) >= 11 is 0. The van der Waals surface area contributed by atoms with Crippen LogP contribution in [0.2, 0.25) is 0 Å².